The van der Waals surface area contributed by atoms with Crippen LogP contribution in [0.4, 0.5) is 0 Å². The van der Waals surface area contributed by atoms with E-state index in [1.165, 1.54) is 0 Å². The highest BCUT2D eigenvalue weighted by Crippen LogP contribution is 2.23. The molecule has 0 spiro atoms. The molecule has 0 radical (unpaired) electrons. The second-order valence-corrected chi connectivity index (χ2v) is 7.78. The Hall–Kier alpha value is -2.54. The number of amides is 1. The Bertz CT molecular complexity index is 908. The van der Waals surface area contributed by atoms with Gasteiger partial charge in [0, 0.05) is 56.8 Å². The summed E-state index contributed by atoms with van der Waals surface area (Å²) in [6.07, 6.45) is 7.47. The van der Waals surface area contributed by atoms with Crippen LogP contribution in [-0.4, -0.2) is 58.1 Å². The predicted molar refractivity (Wildman–Crippen MR) is 113 cm³/mol. The van der Waals surface area contributed by atoms with Crippen molar-refractivity contribution in [1.82, 2.24) is 19.8 Å². The van der Waals surface area contributed by atoms with Gasteiger partial charge in [-0.25, -0.2) is 0 Å². The fourth-order valence-corrected chi connectivity index (χ4v) is 3.84. The number of hydrogen-bond donors (Lipinski definition) is 1. The summed E-state index contributed by atoms with van der Waals surface area (Å²) in [5.74, 6) is 0.454. The molecule has 1 aliphatic carbocycles. The summed E-state index contributed by atoms with van der Waals surface area (Å²) in [5.41, 5.74) is 3.41. The molecule has 1 N–H and O–H groups in total. The minimum Gasteiger partial charge on any atom is -0.343 e. The molecule has 29 heavy (non-hydrogen) atoms. The first kappa shape index (κ1) is 21.2. The van der Waals surface area contributed by atoms with Crippen LogP contribution in [0.25, 0.3) is 11.0 Å². The van der Waals surface area contributed by atoms with Crippen LogP contribution in [0.1, 0.15) is 56.7 Å². The van der Waals surface area contributed by atoms with E-state index in [1.807, 2.05) is 25.3 Å². The summed E-state index contributed by atoms with van der Waals surface area (Å²) in [6.45, 7) is 7.31. The number of aromatic amines is 1. The lowest BCUT2D eigenvalue weighted by atomic mass is 10.1. The first-order chi connectivity index (χ1) is 14.0. The van der Waals surface area contributed by atoms with Crippen molar-refractivity contribution < 1.29 is 9.59 Å². The van der Waals surface area contributed by atoms with Gasteiger partial charge in [-0.1, -0.05) is 6.92 Å². The van der Waals surface area contributed by atoms with Crippen LogP contribution in [0.15, 0.2) is 23.1 Å². The molecular weight excluding hydrogens is 368 g/mol. The molecule has 2 fully saturated rings. The third-order valence-corrected chi connectivity index (χ3v) is 5.86. The first-order valence-corrected chi connectivity index (χ1v) is 10.5. The van der Waals surface area contributed by atoms with E-state index in [0.29, 0.717) is 12.2 Å². The number of nitrogens with one attached hydrogen (secondary N) is 1. The Balaban J connectivity index is 0.000000343. The molecule has 3 heterocycles. The van der Waals surface area contributed by atoms with Gasteiger partial charge >= 0.3 is 0 Å². The number of nitrogens with zero attached hydrogens (tertiary/aromatic N) is 3. The summed E-state index contributed by atoms with van der Waals surface area (Å²) in [4.78, 5) is 44.6. The lowest BCUT2D eigenvalue weighted by Crippen LogP contribution is -2.46. The number of rotatable bonds is 4. The fraction of sp³-hybridized carbons (Fsp3) is 0.545. The van der Waals surface area contributed by atoms with Crippen molar-refractivity contribution in [2.75, 3.05) is 26.2 Å². The van der Waals surface area contributed by atoms with Gasteiger partial charge in [0.05, 0.1) is 11.0 Å². The van der Waals surface area contributed by atoms with Crippen LogP contribution in [-0.2, 0) is 16.0 Å². The van der Waals surface area contributed by atoms with Crippen LogP contribution in [0, 0.1) is 0 Å². The molecular formula is C22H30N4O3. The standard InChI is InChI=1S/C17H22N4O2.C5H8O/c1-3-13-8-15-16(19-17(13)23)9-14(10-18-15)12(2)21-6-4-20(11-22)5-7-21;6-5-3-1-2-4-5/h8-12H,3-7H2,1-2H3,(H,19,23);1-4H2. The molecule has 1 aliphatic heterocycles. The number of ketones is 1. The van der Waals surface area contributed by atoms with E-state index < -0.39 is 0 Å². The molecule has 7 nitrogen and oxygen atoms in total. The number of hydrogen-bond acceptors (Lipinski definition) is 5. The minimum atomic E-state index is -0.0359. The normalized spacial score (nSPS) is 18.4. The van der Waals surface area contributed by atoms with E-state index in [0.717, 1.165) is 80.4 Å². The molecule has 1 atom stereocenters. The van der Waals surface area contributed by atoms with Gasteiger partial charge in [-0.2, -0.15) is 0 Å². The zero-order valence-corrected chi connectivity index (χ0v) is 17.3. The van der Waals surface area contributed by atoms with E-state index in [9.17, 15) is 14.4 Å². The molecule has 4 rings (SSSR count). The number of fused-ring (bicyclic) bond motifs is 1. The first-order valence-electron chi connectivity index (χ1n) is 10.5. The molecule has 1 amide bonds. The molecule has 156 valence electrons. The molecule has 7 heteroatoms. The lowest BCUT2D eigenvalue weighted by molar-refractivity contribution is -0.120. The molecule has 1 saturated heterocycles. The summed E-state index contributed by atoms with van der Waals surface area (Å²) in [5, 5.41) is 0. The van der Waals surface area contributed by atoms with Crippen molar-refractivity contribution in [3.63, 3.8) is 0 Å². The molecule has 2 aromatic heterocycles. The monoisotopic (exact) mass is 398 g/mol. The van der Waals surface area contributed by atoms with Crippen LogP contribution >= 0.6 is 0 Å². The van der Waals surface area contributed by atoms with Gasteiger partial charge in [0.2, 0.25) is 6.41 Å². The van der Waals surface area contributed by atoms with E-state index in [4.69, 9.17) is 0 Å². The summed E-state index contributed by atoms with van der Waals surface area (Å²) in [7, 11) is 0. The highest BCUT2D eigenvalue weighted by atomic mass is 16.1. The second-order valence-electron chi connectivity index (χ2n) is 7.78. The maximum absolute atomic E-state index is 12.0. The number of pyridine rings is 2. The van der Waals surface area contributed by atoms with Crippen LogP contribution in [0.3, 0.4) is 0 Å². The zero-order chi connectivity index (χ0) is 20.8. The van der Waals surface area contributed by atoms with Crippen molar-refractivity contribution in [3.8, 4) is 0 Å². The molecule has 0 aromatic carbocycles. The maximum Gasteiger partial charge on any atom is 0.251 e. The highest BCUT2D eigenvalue weighted by Gasteiger charge is 2.21. The predicted octanol–water partition coefficient (Wildman–Crippen LogP) is 2.45. The number of H-pyrrole nitrogens is 1. The Morgan fingerprint density at radius 1 is 1.14 bits per heavy atom. The number of aryl methyl sites for hydroxylation is 1. The third-order valence-electron chi connectivity index (χ3n) is 5.86. The van der Waals surface area contributed by atoms with Crippen molar-refractivity contribution in [1.29, 1.82) is 0 Å². The number of Topliss-reactive ketones (excluding diaryl/α,β-unsaturated/α-hetero) is 1. The Labute approximate surface area is 171 Å². The van der Waals surface area contributed by atoms with Crippen molar-refractivity contribution in [3.05, 3.63) is 39.8 Å². The minimum absolute atomic E-state index is 0.0359. The van der Waals surface area contributed by atoms with Gasteiger partial charge in [0.1, 0.15) is 5.78 Å². The molecule has 1 saturated carbocycles. The largest absolute Gasteiger partial charge is 0.343 e. The molecule has 2 aliphatic rings. The van der Waals surface area contributed by atoms with E-state index in [1.54, 1.807) is 4.90 Å². The Morgan fingerprint density at radius 3 is 2.38 bits per heavy atom. The highest BCUT2D eigenvalue weighted by molar-refractivity contribution is 5.80. The van der Waals surface area contributed by atoms with Gasteiger partial charge in [-0.3, -0.25) is 24.3 Å². The third kappa shape index (κ3) is 5.29. The number of aromatic nitrogens is 2. The van der Waals surface area contributed by atoms with Gasteiger partial charge in [0.15, 0.2) is 0 Å². The van der Waals surface area contributed by atoms with Crippen LogP contribution < -0.4 is 5.56 Å². The van der Waals surface area contributed by atoms with Gasteiger partial charge in [0.25, 0.3) is 5.56 Å². The average molecular weight is 399 g/mol. The SMILES string of the molecule is CCc1cc2ncc(C(C)N3CCN(C=O)CC3)cc2[nH]c1=O.O=C1CCCC1. The molecule has 0 bridgehead atoms. The van der Waals surface area contributed by atoms with Gasteiger partial charge in [-0.05, 0) is 43.9 Å². The Kier molecular flexibility index (Phi) is 7.14. The zero-order valence-electron chi connectivity index (χ0n) is 17.3. The van der Waals surface area contributed by atoms with Gasteiger partial charge < -0.3 is 9.88 Å². The van der Waals surface area contributed by atoms with Crippen LogP contribution in [0.2, 0.25) is 0 Å². The van der Waals surface area contributed by atoms with E-state index >= 15 is 0 Å². The maximum atomic E-state index is 12.0. The lowest BCUT2D eigenvalue weighted by Gasteiger charge is -2.36. The fourth-order valence-electron chi connectivity index (χ4n) is 3.84. The summed E-state index contributed by atoms with van der Waals surface area (Å²) < 4.78 is 0. The van der Waals surface area contributed by atoms with Crippen molar-refractivity contribution >= 4 is 23.2 Å². The Morgan fingerprint density at radius 2 is 1.83 bits per heavy atom. The number of piperazine rings is 1. The van der Waals surface area contributed by atoms with E-state index in [-0.39, 0.29) is 11.6 Å². The van der Waals surface area contributed by atoms with Crippen molar-refractivity contribution in [2.45, 2.75) is 52.0 Å². The second kappa shape index (κ2) is 9.78. The molecule has 2 aromatic rings. The molecule has 1 unspecified atom stereocenters. The summed E-state index contributed by atoms with van der Waals surface area (Å²) in [6, 6.07) is 4.08. The van der Waals surface area contributed by atoms with Gasteiger partial charge in [-0.15, -0.1) is 0 Å². The average Bonchev–Trinajstić information content (AvgIpc) is 3.23. The summed E-state index contributed by atoms with van der Waals surface area (Å²) >= 11 is 0. The topological polar surface area (TPSA) is 86.4 Å². The van der Waals surface area contributed by atoms with Crippen molar-refractivity contribution in [2.24, 2.45) is 0 Å². The van der Waals surface area contributed by atoms with E-state index in [2.05, 4.69) is 21.8 Å². The number of carbonyl (C=O) groups excluding carboxylic acids is 2. The number of carbonyl (C=O) groups is 2. The quantitative estimate of drug-likeness (QED) is 0.800. The van der Waals surface area contributed by atoms with Crippen LogP contribution in [0.5, 0.6) is 0 Å². The smallest absolute Gasteiger partial charge is 0.251 e.